The second kappa shape index (κ2) is 8.90. The topological polar surface area (TPSA) is 21.3 Å². The minimum absolute atomic E-state index is 0.704. The molecule has 0 saturated carbocycles. The molecule has 20 heavy (non-hydrogen) atoms. The van der Waals surface area contributed by atoms with E-state index in [1.165, 1.54) is 22.4 Å². The van der Waals surface area contributed by atoms with Crippen molar-refractivity contribution in [2.75, 3.05) is 13.2 Å². The van der Waals surface area contributed by atoms with Gasteiger partial charge in [-0.2, -0.15) is 0 Å². The number of benzene rings is 1. The highest BCUT2D eigenvalue weighted by molar-refractivity contribution is 7.09. The molecule has 0 unspecified atom stereocenters. The lowest BCUT2D eigenvalue weighted by Crippen LogP contribution is -2.15. The normalized spacial score (nSPS) is 10.8. The Bertz CT molecular complexity index is 481. The van der Waals surface area contributed by atoms with Crippen molar-refractivity contribution in [1.82, 2.24) is 5.32 Å². The molecule has 1 N–H and O–H groups in total. The van der Waals surface area contributed by atoms with Gasteiger partial charge in [-0.15, -0.1) is 11.3 Å². The summed E-state index contributed by atoms with van der Waals surface area (Å²) in [6.45, 7) is 5.67. The Morgan fingerprint density at radius 3 is 2.70 bits per heavy atom. The van der Waals surface area contributed by atoms with Gasteiger partial charge >= 0.3 is 0 Å². The van der Waals surface area contributed by atoms with E-state index in [-0.39, 0.29) is 0 Å². The monoisotopic (exact) mass is 289 g/mol. The van der Waals surface area contributed by atoms with Gasteiger partial charge in [0.25, 0.3) is 0 Å². The SMILES string of the molecule is CCCNCc1ccccc1COCCc1cccs1. The van der Waals surface area contributed by atoms with Gasteiger partial charge in [-0.05, 0) is 35.5 Å². The average molecular weight is 289 g/mol. The van der Waals surface area contributed by atoms with Crippen LogP contribution in [0.3, 0.4) is 0 Å². The molecule has 0 radical (unpaired) electrons. The molecule has 0 aliphatic rings. The van der Waals surface area contributed by atoms with E-state index in [1.54, 1.807) is 11.3 Å². The Morgan fingerprint density at radius 2 is 1.95 bits per heavy atom. The summed E-state index contributed by atoms with van der Waals surface area (Å²) in [7, 11) is 0. The van der Waals surface area contributed by atoms with Gasteiger partial charge in [-0.1, -0.05) is 37.3 Å². The fraction of sp³-hybridized carbons (Fsp3) is 0.412. The highest BCUT2D eigenvalue weighted by atomic mass is 32.1. The van der Waals surface area contributed by atoms with Gasteiger partial charge in [-0.25, -0.2) is 0 Å². The van der Waals surface area contributed by atoms with E-state index >= 15 is 0 Å². The summed E-state index contributed by atoms with van der Waals surface area (Å²) in [6, 6.07) is 12.8. The molecule has 3 heteroatoms. The van der Waals surface area contributed by atoms with Crippen LogP contribution in [0.25, 0.3) is 0 Å². The molecule has 108 valence electrons. The Kier molecular flexibility index (Phi) is 6.78. The van der Waals surface area contributed by atoms with E-state index < -0.39 is 0 Å². The summed E-state index contributed by atoms with van der Waals surface area (Å²) in [4.78, 5) is 1.39. The van der Waals surface area contributed by atoms with Crippen LogP contribution < -0.4 is 5.32 Å². The highest BCUT2D eigenvalue weighted by Crippen LogP contribution is 2.12. The van der Waals surface area contributed by atoms with E-state index in [1.807, 2.05) is 0 Å². The molecule has 0 fully saturated rings. The van der Waals surface area contributed by atoms with Crippen LogP contribution in [0, 0.1) is 0 Å². The molecule has 0 bridgehead atoms. The molecule has 0 atom stereocenters. The largest absolute Gasteiger partial charge is 0.376 e. The fourth-order valence-electron chi connectivity index (χ4n) is 2.08. The van der Waals surface area contributed by atoms with Crippen molar-refractivity contribution in [2.24, 2.45) is 0 Å². The minimum Gasteiger partial charge on any atom is -0.376 e. The molecular weight excluding hydrogens is 266 g/mol. The minimum atomic E-state index is 0.704. The molecule has 2 nitrogen and oxygen atoms in total. The smallest absolute Gasteiger partial charge is 0.0720 e. The van der Waals surface area contributed by atoms with Gasteiger partial charge in [0.1, 0.15) is 0 Å². The first-order chi connectivity index (χ1) is 9.90. The van der Waals surface area contributed by atoms with Crippen molar-refractivity contribution < 1.29 is 4.74 Å². The second-order valence-corrected chi connectivity index (χ2v) is 5.86. The zero-order valence-electron chi connectivity index (χ0n) is 12.1. The fourth-order valence-corrected chi connectivity index (χ4v) is 2.77. The molecule has 1 aromatic carbocycles. The lowest BCUT2D eigenvalue weighted by atomic mass is 10.1. The molecular formula is C17H23NOS. The Hall–Kier alpha value is -1.16. The van der Waals surface area contributed by atoms with Gasteiger partial charge in [0.15, 0.2) is 0 Å². The number of ether oxygens (including phenoxy) is 1. The van der Waals surface area contributed by atoms with Crippen molar-refractivity contribution in [3.05, 3.63) is 57.8 Å². The Morgan fingerprint density at radius 1 is 1.10 bits per heavy atom. The summed E-state index contributed by atoms with van der Waals surface area (Å²) in [5.74, 6) is 0. The van der Waals surface area contributed by atoms with E-state index in [0.717, 1.165) is 26.1 Å². The molecule has 2 rings (SSSR count). The van der Waals surface area contributed by atoms with Crippen LogP contribution in [0.1, 0.15) is 29.3 Å². The van der Waals surface area contributed by atoms with Crippen LogP contribution in [0.15, 0.2) is 41.8 Å². The molecule has 0 saturated heterocycles. The maximum atomic E-state index is 5.82. The van der Waals surface area contributed by atoms with Crippen LogP contribution >= 0.6 is 11.3 Å². The average Bonchev–Trinajstić information content (AvgIpc) is 2.98. The van der Waals surface area contributed by atoms with Gasteiger partial charge in [0.05, 0.1) is 13.2 Å². The lowest BCUT2D eigenvalue weighted by Gasteiger charge is -2.10. The number of nitrogens with one attached hydrogen (secondary N) is 1. The third kappa shape index (κ3) is 5.08. The van der Waals surface area contributed by atoms with Crippen LogP contribution in [-0.4, -0.2) is 13.2 Å². The quantitative estimate of drug-likeness (QED) is 0.704. The molecule has 0 amide bonds. The van der Waals surface area contributed by atoms with Crippen molar-refractivity contribution >= 4 is 11.3 Å². The summed E-state index contributed by atoms with van der Waals surface area (Å²) in [5, 5.41) is 5.57. The van der Waals surface area contributed by atoms with Crippen LogP contribution in [0.2, 0.25) is 0 Å². The summed E-state index contributed by atoms with van der Waals surface area (Å²) < 4.78 is 5.82. The summed E-state index contributed by atoms with van der Waals surface area (Å²) in [6.07, 6.45) is 2.17. The van der Waals surface area contributed by atoms with E-state index in [9.17, 15) is 0 Å². The highest BCUT2D eigenvalue weighted by Gasteiger charge is 2.02. The first-order valence-corrected chi connectivity index (χ1v) is 8.15. The summed E-state index contributed by atoms with van der Waals surface area (Å²) >= 11 is 1.80. The van der Waals surface area contributed by atoms with Crippen molar-refractivity contribution in [3.63, 3.8) is 0 Å². The summed E-state index contributed by atoms with van der Waals surface area (Å²) in [5.41, 5.74) is 2.64. The number of thiophene rings is 1. The standard InChI is InChI=1S/C17H23NOS/c1-2-10-18-13-15-6-3-4-7-16(15)14-19-11-9-17-8-5-12-20-17/h3-8,12,18H,2,9-11,13-14H2,1H3. The molecule has 2 aromatic rings. The predicted octanol–water partition coefficient (Wildman–Crippen LogP) is 4.01. The zero-order chi connectivity index (χ0) is 14.0. The maximum Gasteiger partial charge on any atom is 0.0720 e. The van der Waals surface area contributed by atoms with Gasteiger partial charge in [0, 0.05) is 17.8 Å². The van der Waals surface area contributed by atoms with Gasteiger partial charge in [-0.3, -0.25) is 0 Å². The van der Waals surface area contributed by atoms with Crippen molar-refractivity contribution in [2.45, 2.75) is 32.9 Å². The van der Waals surface area contributed by atoms with E-state index in [4.69, 9.17) is 4.74 Å². The Balaban J connectivity index is 1.76. The molecule has 0 aliphatic carbocycles. The van der Waals surface area contributed by atoms with Crippen LogP contribution in [0.4, 0.5) is 0 Å². The van der Waals surface area contributed by atoms with Crippen LogP contribution in [-0.2, 0) is 24.3 Å². The third-order valence-corrected chi connectivity index (χ3v) is 4.13. The van der Waals surface area contributed by atoms with Gasteiger partial charge in [0.2, 0.25) is 0 Å². The number of hydrogen-bond acceptors (Lipinski definition) is 3. The first kappa shape index (κ1) is 15.2. The van der Waals surface area contributed by atoms with Gasteiger partial charge < -0.3 is 10.1 Å². The predicted molar refractivity (Wildman–Crippen MR) is 86.1 cm³/mol. The van der Waals surface area contributed by atoms with Crippen molar-refractivity contribution in [3.8, 4) is 0 Å². The van der Waals surface area contributed by atoms with Crippen LogP contribution in [0.5, 0.6) is 0 Å². The maximum absolute atomic E-state index is 5.82. The lowest BCUT2D eigenvalue weighted by molar-refractivity contribution is 0.123. The Labute approximate surface area is 125 Å². The molecule has 1 heterocycles. The third-order valence-electron chi connectivity index (χ3n) is 3.19. The zero-order valence-corrected chi connectivity index (χ0v) is 12.9. The van der Waals surface area contributed by atoms with E-state index in [0.29, 0.717) is 6.61 Å². The molecule has 0 aliphatic heterocycles. The van der Waals surface area contributed by atoms with Crippen molar-refractivity contribution in [1.29, 1.82) is 0 Å². The first-order valence-electron chi connectivity index (χ1n) is 7.27. The molecule has 1 aromatic heterocycles. The molecule has 0 spiro atoms. The second-order valence-electron chi connectivity index (χ2n) is 4.83. The number of rotatable bonds is 9. The van der Waals surface area contributed by atoms with E-state index in [2.05, 4.69) is 54.0 Å². The number of hydrogen-bond donors (Lipinski definition) is 1.